The van der Waals surface area contributed by atoms with E-state index >= 15 is 0 Å². The summed E-state index contributed by atoms with van der Waals surface area (Å²) in [4.78, 5) is 9.67. The molecule has 5 heteroatoms. The number of aliphatic hydroxyl groups is 1. The van der Waals surface area contributed by atoms with Crippen molar-refractivity contribution in [2.45, 2.75) is 19.1 Å². The van der Waals surface area contributed by atoms with Crippen LogP contribution in [-0.2, 0) is 0 Å². The SMILES string of the molecule is CC(C(O)c1cc[c]o1)[N+](=O)[O-]. The highest BCUT2D eigenvalue weighted by molar-refractivity contribution is 5.02. The van der Waals surface area contributed by atoms with E-state index in [4.69, 9.17) is 0 Å². The summed E-state index contributed by atoms with van der Waals surface area (Å²) in [6.07, 6.45) is 1.14. The van der Waals surface area contributed by atoms with Gasteiger partial charge in [-0.3, -0.25) is 10.1 Å². The van der Waals surface area contributed by atoms with Gasteiger partial charge in [-0.05, 0) is 12.1 Å². The van der Waals surface area contributed by atoms with Crippen LogP contribution in [0.25, 0.3) is 0 Å². The first-order valence-electron chi connectivity index (χ1n) is 3.40. The second-order valence-corrected chi connectivity index (χ2v) is 2.43. The fourth-order valence-corrected chi connectivity index (χ4v) is 0.764. The molecule has 0 fully saturated rings. The molecule has 0 spiro atoms. The lowest BCUT2D eigenvalue weighted by Crippen LogP contribution is -2.23. The Bertz CT molecular complexity index is 256. The van der Waals surface area contributed by atoms with E-state index in [9.17, 15) is 15.2 Å². The molecule has 1 rings (SSSR count). The van der Waals surface area contributed by atoms with Gasteiger partial charge in [0.05, 0.1) is 0 Å². The molecule has 5 nitrogen and oxygen atoms in total. The van der Waals surface area contributed by atoms with Crippen LogP contribution in [0.15, 0.2) is 16.5 Å². The average Bonchev–Trinajstić information content (AvgIpc) is 2.53. The predicted molar refractivity (Wildman–Crippen MR) is 39.0 cm³/mol. The molecule has 0 amide bonds. The van der Waals surface area contributed by atoms with E-state index in [2.05, 4.69) is 10.7 Å². The molecular formula is C7H8NO4. The Kier molecular flexibility index (Phi) is 2.44. The third kappa shape index (κ3) is 1.62. The summed E-state index contributed by atoms with van der Waals surface area (Å²) in [6.45, 7) is 1.31. The van der Waals surface area contributed by atoms with Gasteiger partial charge in [-0.2, -0.15) is 0 Å². The molecule has 0 aliphatic heterocycles. The maximum atomic E-state index is 10.2. The van der Waals surface area contributed by atoms with Crippen LogP contribution >= 0.6 is 0 Å². The van der Waals surface area contributed by atoms with Crippen molar-refractivity contribution in [1.29, 1.82) is 0 Å². The molecule has 1 heterocycles. The lowest BCUT2D eigenvalue weighted by atomic mass is 10.1. The fraction of sp³-hybridized carbons (Fsp3) is 0.429. The number of aliphatic hydroxyl groups excluding tert-OH is 1. The highest BCUT2D eigenvalue weighted by Crippen LogP contribution is 2.17. The molecule has 0 aliphatic carbocycles. The third-order valence-electron chi connectivity index (χ3n) is 1.57. The Morgan fingerprint density at radius 1 is 1.83 bits per heavy atom. The number of nitrogens with zero attached hydrogens (tertiary/aromatic N) is 1. The molecule has 12 heavy (non-hydrogen) atoms. The third-order valence-corrected chi connectivity index (χ3v) is 1.57. The van der Waals surface area contributed by atoms with E-state index in [1.165, 1.54) is 19.1 Å². The van der Waals surface area contributed by atoms with Crippen LogP contribution < -0.4 is 0 Å². The Hall–Kier alpha value is -1.36. The van der Waals surface area contributed by atoms with Gasteiger partial charge in [-0.1, -0.05) is 0 Å². The van der Waals surface area contributed by atoms with Crippen molar-refractivity contribution < 1.29 is 14.4 Å². The smallest absolute Gasteiger partial charge is 0.243 e. The molecule has 0 aromatic carbocycles. The summed E-state index contributed by atoms with van der Waals surface area (Å²) in [5.41, 5.74) is 0. The molecule has 1 aromatic heterocycles. The summed E-state index contributed by atoms with van der Waals surface area (Å²) < 4.78 is 4.69. The number of furan rings is 1. The molecular weight excluding hydrogens is 162 g/mol. The molecule has 2 atom stereocenters. The van der Waals surface area contributed by atoms with Crippen molar-refractivity contribution in [2.75, 3.05) is 0 Å². The van der Waals surface area contributed by atoms with E-state index < -0.39 is 17.1 Å². The summed E-state index contributed by atoms with van der Waals surface area (Å²) >= 11 is 0. The summed E-state index contributed by atoms with van der Waals surface area (Å²) in [5, 5.41) is 19.5. The van der Waals surface area contributed by atoms with E-state index in [1.807, 2.05) is 0 Å². The van der Waals surface area contributed by atoms with Gasteiger partial charge in [0, 0.05) is 11.8 Å². The molecule has 1 N–H and O–H groups in total. The Labute approximate surface area is 68.8 Å². The number of hydrogen-bond donors (Lipinski definition) is 1. The van der Waals surface area contributed by atoms with Crippen molar-refractivity contribution in [1.82, 2.24) is 0 Å². The zero-order valence-electron chi connectivity index (χ0n) is 6.43. The van der Waals surface area contributed by atoms with Crippen LogP contribution in [0, 0.1) is 16.4 Å². The monoisotopic (exact) mass is 170 g/mol. The highest BCUT2D eigenvalue weighted by Gasteiger charge is 2.27. The first-order valence-corrected chi connectivity index (χ1v) is 3.40. The van der Waals surface area contributed by atoms with Gasteiger partial charge >= 0.3 is 0 Å². The molecule has 1 radical (unpaired) electrons. The van der Waals surface area contributed by atoms with Gasteiger partial charge in [0.15, 0.2) is 12.4 Å². The molecule has 1 aromatic rings. The maximum Gasteiger partial charge on any atom is 0.243 e. The van der Waals surface area contributed by atoms with E-state index in [1.54, 1.807) is 0 Å². The topological polar surface area (TPSA) is 76.5 Å². The van der Waals surface area contributed by atoms with Crippen molar-refractivity contribution in [3.8, 4) is 0 Å². The molecule has 65 valence electrons. The molecule has 0 saturated carbocycles. The summed E-state index contributed by atoms with van der Waals surface area (Å²) in [6, 6.07) is 1.83. The number of nitro groups is 1. The van der Waals surface area contributed by atoms with Crippen LogP contribution in [-0.4, -0.2) is 16.1 Å². The summed E-state index contributed by atoms with van der Waals surface area (Å²) in [5.74, 6) is 0.166. The minimum atomic E-state index is -1.20. The zero-order chi connectivity index (χ0) is 9.14. The fourth-order valence-electron chi connectivity index (χ4n) is 0.764. The van der Waals surface area contributed by atoms with Crippen molar-refractivity contribution in [3.63, 3.8) is 0 Å². The van der Waals surface area contributed by atoms with Gasteiger partial charge < -0.3 is 9.52 Å². The maximum absolute atomic E-state index is 10.2. The second kappa shape index (κ2) is 3.36. The Morgan fingerprint density at radius 2 is 2.50 bits per heavy atom. The largest absolute Gasteiger partial charge is 0.455 e. The van der Waals surface area contributed by atoms with Crippen molar-refractivity contribution in [3.05, 3.63) is 34.3 Å². The van der Waals surface area contributed by atoms with E-state index in [-0.39, 0.29) is 5.76 Å². The highest BCUT2D eigenvalue weighted by atomic mass is 16.6. The molecule has 0 saturated heterocycles. The molecule has 0 bridgehead atoms. The molecule has 0 aliphatic rings. The average molecular weight is 170 g/mol. The zero-order valence-corrected chi connectivity index (χ0v) is 6.43. The van der Waals surface area contributed by atoms with Crippen molar-refractivity contribution >= 4 is 0 Å². The first-order chi connectivity index (χ1) is 5.63. The Morgan fingerprint density at radius 3 is 2.92 bits per heavy atom. The van der Waals surface area contributed by atoms with Gasteiger partial charge in [0.2, 0.25) is 6.04 Å². The van der Waals surface area contributed by atoms with Crippen LogP contribution in [0.4, 0.5) is 0 Å². The van der Waals surface area contributed by atoms with Crippen LogP contribution in [0.5, 0.6) is 0 Å². The predicted octanol–water partition coefficient (Wildman–Crippen LogP) is 0.778. The van der Waals surface area contributed by atoms with Crippen molar-refractivity contribution in [2.24, 2.45) is 0 Å². The van der Waals surface area contributed by atoms with Gasteiger partial charge in [0.25, 0.3) is 0 Å². The second-order valence-electron chi connectivity index (χ2n) is 2.43. The summed E-state index contributed by atoms with van der Waals surface area (Å²) in [7, 11) is 0. The van der Waals surface area contributed by atoms with Crippen LogP contribution in [0.2, 0.25) is 0 Å². The first kappa shape index (κ1) is 8.73. The minimum absolute atomic E-state index is 0.166. The number of rotatable bonds is 3. The Balaban J connectivity index is 2.71. The van der Waals surface area contributed by atoms with Crippen LogP contribution in [0.1, 0.15) is 18.8 Å². The normalized spacial score (nSPS) is 15.5. The van der Waals surface area contributed by atoms with E-state index in [0.29, 0.717) is 0 Å². The standard InChI is InChI=1S/C7H8NO4/c1-5(8(10)11)7(9)6-3-2-4-12-6/h2-3,5,7,9H,1H3. The number of hydrogen-bond acceptors (Lipinski definition) is 4. The lowest BCUT2D eigenvalue weighted by Gasteiger charge is -2.08. The van der Waals surface area contributed by atoms with Gasteiger partial charge in [-0.15, -0.1) is 0 Å². The van der Waals surface area contributed by atoms with Crippen LogP contribution in [0.3, 0.4) is 0 Å². The lowest BCUT2D eigenvalue weighted by molar-refractivity contribution is -0.531. The quantitative estimate of drug-likeness (QED) is 0.537. The molecule has 2 unspecified atom stereocenters. The van der Waals surface area contributed by atoms with E-state index in [0.717, 1.165) is 0 Å². The van der Waals surface area contributed by atoms with Gasteiger partial charge in [-0.25, -0.2) is 0 Å². The minimum Gasteiger partial charge on any atom is -0.455 e. The van der Waals surface area contributed by atoms with Gasteiger partial charge in [0.1, 0.15) is 5.76 Å².